The average Bonchev–Trinajstić information content (AvgIpc) is 2.43. The molecule has 0 aliphatic carbocycles. The lowest BCUT2D eigenvalue weighted by Crippen LogP contribution is -2.52. The summed E-state index contributed by atoms with van der Waals surface area (Å²) in [7, 11) is 0. The molecular formula is C14H28N4O2. The van der Waals surface area contributed by atoms with Gasteiger partial charge in [-0.05, 0) is 12.3 Å². The molecule has 1 rings (SSSR count). The molecule has 0 bridgehead atoms. The van der Waals surface area contributed by atoms with Crippen molar-refractivity contribution in [2.75, 3.05) is 32.7 Å². The van der Waals surface area contributed by atoms with Crippen LogP contribution in [0.5, 0.6) is 0 Å². The summed E-state index contributed by atoms with van der Waals surface area (Å²) in [5.74, 6) is 0.178. The third-order valence-corrected chi connectivity index (χ3v) is 3.66. The molecule has 1 heterocycles. The fourth-order valence-corrected chi connectivity index (χ4v) is 2.64. The van der Waals surface area contributed by atoms with Gasteiger partial charge >= 0.3 is 0 Å². The Morgan fingerprint density at radius 2 is 1.90 bits per heavy atom. The molecule has 1 unspecified atom stereocenters. The normalized spacial score (nSPS) is 19.4. The zero-order valence-electron chi connectivity index (χ0n) is 12.9. The molecule has 1 amide bonds. The first-order chi connectivity index (χ1) is 9.49. The first-order valence-electron chi connectivity index (χ1n) is 7.48. The lowest BCUT2D eigenvalue weighted by atomic mass is 10.0. The Hall–Kier alpha value is -1.30. The highest BCUT2D eigenvalue weighted by Crippen LogP contribution is 2.14. The van der Waals surface area contributed by atoms with E-state index < -0.39 is 5.92 Å². The van der Waals surface area contributed by atoms with E-state index >= 15 is 0 Å². The van der Waals surface area contributed by atoms with Crippen LogP contribution in [-0.4, -0.2) is 59.5 Å². The van der Waals surface area contributed by atoms with Gasteiger partial charge in [-0.15, -0.1) is 0 Å². The maximum Gasteiger partial charge on any atom is 0.233 e. The second-order valence-electron chi connectivity index (χ2n) is 5.89. The van der Waals surface area contributed by atoms with Crippen molar-refractivity contribution < 1.29 is 10.0 Å². The quantitative estimate of drug-likeness (QED) is 0.329. The molecule has 0 aromatic rings. The van der Waals surface area contributed by atoms with Crippen LogP contribution >= 0.6 is 0 Å². The van der Waals surface area contributed by atoms with E-state index in [0.29, 0.717) is 12.3 Å². The molecule has 3 N–H and O–H groups in total. The van der Waals surface area contributed by atoms with Crippen molar-refractivity contribution >= 4 is 11.7 Å². The highest BCUT2D eigenvalue weighted by Gasteiger charge is 2.29. The van der Waals surface area contributed by atoms with E-state index in [9.17, 15) is 4.79 Å². The second-order valence-corrected chi connectivity index (χ2v) is 5.89. The molecule has 6 heteroatoms. The first-order valence-corrected chi connectivity index (χ1v) is 7.48. The standard InChI is InChI=1S/C14H28N4O2/c1-4-5-12(13(15)16-20)14(19)18-8-6-17(7-9-18)10-11(2)3/h11-12,20H,4-10H2,1-3H3,(H2,15,16). The van der Waals surface area contributed by atoms with Crippen LogP contribution in [0.4, 0.5) is 0 Å². The van der Waals surface area contributed by atoms with Crippen molar-refractivity contribution in [1.82, 2.24) is 9.80 Å². The van der Waals surface area contributed by atoms with E-state index in [1.54, 1.807) is 0 Å². The van der Waals surface area contributed by atoms with Gasteiger partial charge in [-0.2, -0.15) is 0 Å². The van der Waals surface area contributed by atoms with Gasteiger partial charge in [0.2, 0.25) is 5.91 Å². The van der Waals surface area contributed by atoms with Crippen molar-refractivity contribution in [3.8, 4) is 0 Å². The third kappa shape index (κ3) is 4.67. The fraction of sp³-hybridized carbons (Fsp3) is 0.857. The number of hydrogen-bond donors (Lipinski definition) is 2. The second kappa shape index (κ2) is 8.09. The monoisotopic (exact) mass is 284 g/mol. The van der Waals surface area contributed by atoms with Crippen LogP contribution in [0.25, 0.3) is 0 Å². The minimum atomic E-state index is -0.485. The van der Waals surface area contributed by atoms with E-state index in [2.05, 4.69) is 23.9 Å². The minimum Gasteiger partial charge on any atom is -0.409 e. The number of amidine groups is 1. The zero-order valence-corrected chi connectivity index (χ0v) is 12.9. The van der Waals surface area contributed by atoms with Crippen LogP contribution in [0.3, 0.4) is 0 Å². The molecule has 116 valence electrons. The number of carbonyl (C=O) groups is 1. The number of rotatable bonds is 6. The largest absolute Gasteiger partial charge is 0.409 e. The predicted molar refractivity (Wildman–Crippen MR) is 79.7 cm³/mol. The van der Waals surface area contributed by atoms with Crippen LogP contribution in [0.1, 0.15) is 33.6 Å². The van der Waals surface area contributed by atoms with Crippen LogP contribution in [0.2, 0.25) is 0 Å². The van der Waals surface area contributed by atoms with Crippen molar-refractivity contribution in [2.45, 2.75) is 33.6 Å². The summed E-state index contributed by atoms with van der Waals surface area (Å²) in [6, 6.07) is 0. The van der Waals surface area contributed by atoms with Crippen LogP contribution in [0, 0.1) is 11.8 Å². The number of piperazine rings is 1. The Morgan fingerprint density at radius 1 is 1.30 bits per heavy atom. The summed E-state index contributed by atoms with van der Waals surface area (Å²) in [5.41, 5.74) is 5.65. The summed E-state index contributed by atoms with van der Waals surface area (Å²) in [5, 5.41) is 11.8. The summed E-state index contributed by atoms with van der Waals surface area (Å²) in [4.78, 5) is 16.7. The summed E-state index contributed by atoms with van der Waals surface area (Å²) in [6.07, 6.45) is 1.46. The number of amides is 1. The molecule has 0 aromatic heterocycles. The Labute approximate surface area is 121 Å². The smallest absolute Gasteiger partial charge is 0.233 e. The molecule has 0 spiro atoms. The lowest BCUT2D eigenvalue weighted by molar-refractivity contribution is -0.135. The molecular weight excluding hydrogens is 256 g/mol. The maximum atomic E-state index is 12.5. The van der Waals surface area contributed by atoms with E-state index in [0.717, 1.165) is 39.1 Å². The molecule has 1 saturated heterocycles. The molecule has 1 aliphatic rings. The van der Waals surface area contributed by atoms with Crippen LogP contribution < -0.4 is 5.73 Å². The van der Waals surface area contributed by atoms with Crippen molar-refractivity contribution in [3.63, 3.8) is 0 Å². The van der Waals surface area contributed by atoms with E-state index in [-0.39, 0.29) is 11.7 Å². The van der Waals surface area contributed by atoms with Crippen molar-refractivity contribution in [3.05, 3.63) is 0 Å². The van der Waals surface area contributed by atoms with Gasteiger partial charge in [0.05, 0.1) is 5.92 Å². The molecule has 0 saturated carbocycles. The van der Waals surface area contributed by atoms with Gasteiger partial charge in [0.1, 0.15) is 0 Å². The molecule has 1 atom stereocenters. The predicted octanol–water partition coefficient (Wildman–Crippen LogP) is 0.949. The fourth-order valence-electron chi connectivity index (χ4n) is 2.64. The van der Waals surface area contributed by atoms with Gasteiger partial charge in [-0.3, -0.25) is 9.69 Å². The Kier molecular flexibility index (Phi) is 6.78. The summed E-state index contributed by atoms with van der Waals surface area (Å²) in [6.45, 7) is 10.7. The molecule has 0 aromatic carbocycles. The lowest BCUT2D eigenvalue weighted by Gasteiger charge is -2.36. The summed E-state index contributed by atoms with van der Waals surface area (Å²) >= 11 is 0. The molecule has 1 aliphatic heterocycles. The van der Waals surface area contributed by atoms with Gasteiger partial charge in [0.15, 0.2) is 5.84 Å². The molecule has 1 fully saturated rings. The number of nitrogens with two attached hydrogens (primary N) is 1. The number of oxime groups is 1. The van der Waals surface area contributed by atoms with Gasteiger partial charge in [0, 0.05) is 32.7 Å². The number of hydrogen-bond acceptors (Lipinski definition) is 4. The Morgan fingerprint density at radius 3 is 2.35 bits per heavy atom. The molecule has 6 nitrogen and oxygen atoms in total. The average molecular weight is 284 g/mol. The van der Waals surface area contributed by atoms with Gasteiger partial charge < -0.3 is 15.8 Å². The number of nitrogens with zero attached hydrogens (tertiary/aromatic N) is 3. The van der Waals surface area contributed by atoms with Crippen molar-refractivity contribution in [2.24, 2.45) is 22.7 Å². The van der Waals surface area contributed by atoms with E-state index in [4.69, 9.17) is 10.9 Å². The minimum absolute atomic E-state index is 0.00801. The van der Waals surface area contributed by atoms with Gasteiger partial charge in [-0.1, -0.05) is 32.3 Å². The van der Waals surface area contributed by atoms with Gasteiger partial charge in [0.25, 0.3) is 0 Å². The topological polar surface area (TPSA) is 82.2 Å². The van der Waals surface area contributed by atoms with Gasteiger partial charge in [-0.25, -0.2) is 0 Å². The maximum absolute atomic E-state index is 12.5. The third-order valence-electron chi connectivity index (χ3n) is 3.66. The SMILES string of the molecule is CCCC(C(=O)N1CCN(CC(C)C)CC1)C(N)=NO. The number of carbonyl (C=O) groups excluding carboxylic acids is 1. The summed E-state index contributed by atoms with van der Waals surface area (Å²) < 4.78 is 0. The van der Waals surface area contributed by atoms with Crippen LogP contribution in [-0.2, 0) is 4.79 Å². The molecule has 20 heavy (non-hydrogen) atoms. The van der Waals surface area contributed by atoms with E-state index in [1.807, 2.05) is 11.8 Å². The Balaban J connectivity index is 2.56. The molecule has 0 radical (unpaired) electrons. The highest BCUT2D eigenvalue weighted by molar-refractivity contribution is 6.02. The highest BCUT2D eigenvalue weighted by atomic mass is 16.4. The van der Waals surface area contributed by atoms with E-state index in [1.165, 1.54) is 0 Å². The van der Waals surface area contributed by atoms with Crippen molar-refractivity contribution in [1.29, 1.82) is 0 Å². The zero-order chi connectivity index (χ0) is 15.1. The Bertz CT molecular complexity index is 336. The first kappa shape index (κ1) is 16.8. The van der Waals surface area contributed by atoms with Crippen LogP contribution in [0.15, 0.2) is 5.16 Å².